The van der Waals surface area contributed by atoms with Crippen molar-refractivity contribution in [2.75, 3.05) is 6.61 Å². The van der Waals surface area contributed by atoms with Crippen LogP contribution in [0.25, 0.3) is 0 Å². The molecule has 3 rings (SSSR count). The molecule has 146 valence electrons. The molecule has 0 heterocycles. The molecule has 0 saturated carbocycles. The summed E-state index contributed by atoms with van der Waals surface area (Å²) in [7, 11) is -3.73. The predicted octanol–water partition coefficient (Wildman–Crippen LogP) is 5.03. The summed E-state index contributed by atoms with van der Waals surface area (Å²) in [6, 6.07) is 20.7. The number of rotatable bonds is 8. The van der Waals surface area contributed by atoms with Gasteiger partial charge in [0, 0.05) is 5.92 Å². The first-order valence-corrected chi connectivity index (χ1v) is 10.4. The van der Waals surface area contributed by atoms with E-state index in [9.17, 15) is 17.2 Å². The van der Waals surface area contributed by atoms with Gasteiger partial charge in [-0.05, 0) is 47.4 Å². The van der Waals surface area contributed by atoms with Gasteiger partial charge in [0.15, 0.2) is 0 Å². The Morgan fingerprint density at radius 3 is 1.75 bits per heavy atom. The van der Waals surface area contributed by atoms with Gasteiger partial charge in [-0.3, -0.25) is 4.18 Å². The third-order valence-corrected chi connectivity index (χ3v) is 5.61. The van der Waals surface area contributed by atoms with Gasteiger partial charge in [-0.1, -0.05) is 54.6 Å². The molecule has 0 bridgehead atoms. The summed E-state index contributed by atoms with van der Waals surface area (Å²) in [5, 5.41) is 0. The third kappa shape index (κ3) is 5.71. The molecule has 28 heavy (non-hydrogen) atoms. The van der Waals surface area contributed by atoms with Crippen molar-refractivity contribution in [3.05, 3.63) is 107 Å². The number of halogens is 2. The molecule has 3 nitrogen and oxygen atoms in total. The molecule has 0 N–H and O–H groups in total. The van der Waals surface area contributed by atoms with Gasteiger partial charge in [0.05, 0.1) is 6.61 Å². The molecule has 0 spiro atoms. The van der Waals surface area contributed by atoms with E-state index in [2.05, 4.69) is 0 Å². The molecule has 0 radical (unpaired) electrons. The average molecular weight is 402 g/mol. The van der Waals surface area contributed by atoms with Crippen molar-refractivity contribution >= 4 is 10.1 Å². The number of benzene rings is 3. The van der Waals surface area contributed by atoms with Gasteiger partial charge < -0.3 is 0 Å². The van der Waals surface area contributed by atoms with Crippen molar-refractivity contribution < 1.29 is 21.4 Å². The smallest absolute Gasteiger partial charge is 0.270 e. The molecular formula is C22H20F2O3S. The van der Waals surface area contributed by atoms with E-state index >= 15 is 0 Å². The van der Waals surface area contributed by atoms with Crippen LogP contribution in [0.3, 0.4) is 0 Å². The summed E-state index contributed by atoms with van der Waals surface area (Å²) in [5.41, 5.74) is 2.25. The fraction of sp³-hybridized carbons (Fsp3) is 0.182. The van der Waals surface area contributed by atoms with Crippen LogP contribution in [0.2, 0.25) is 0 Å². The number of hydrogen-bond acceptors (Lipinski definition) is 3. The molecule has 0 aliphatic rings. The van der Waals surface area contributed by atoms with Gasteiger partial charge in [0.2, 0.25) is 0 Å². The van der Waals surface area contributed by atoms with Crippen molar-refractivity contribution in [3.63, 3.8) is 0 Å². The third-order valence-electron chi connectivity index (χ3n) is 4.40. The van der Waals surface area contributed by atoms with E-state index in [1.165, 1.54) is 24.3 Å². The molecular weight excluding hydrogens is 382 g/mol. The van der Waals surface area contributed by atoms with Crippen molar-refractivity contribution in [3.8, 4) is 0 Å². The van der Waals surface area contributed by atoms with Crippen LogP contribution in [0.5, 0.6) is 0 Å². The molecule has 3 aromatic rings. The molecule has 0 aliphatic carbocycles. The fourth-order valence-corrected chi connectivity index (χ4v) is 4.06. The van der Waals surface area contributed by atoms with Gasteiger partial charge in [0.25, 0.3) is 10.1 Å². The minimum Gasteiger partial charge on any atom is -0.270 e. The first-order valence-electron chi connectivity index (χ1n) is 8.85. The largest absolute Gasteiger partial charge is 0.271 e. The summed E-state index contributed by atoms with van der Waals surface area (Å²) >= 11 is 0. The summed E-state index contributed by atoms with van der Waals surface area (Å²) in [6.07, 6.45) is 0.352. The Kier molecular flexibility index (Phi) is 6.54. The maximum atomic E-state index is 13.3. The van der Waals surface area contributed by atoms with Gasteiger partial charge in [-0.2, -0.15) is 8.42 Å². The highest BCUT2D eigenvalue weighted by Crippen LogP contribution is 2.29. The monoisotopic (exact) mass is 402 g/mol. The van der Waals surface area contributed by atoms with Crippen LogP contribution in [0.4, 0.5) is 8.78 Å². The number of hydrogen-bond donors (Lipinski definition) is 0. The van der Waals surface area contributed by atoms with Gasteiger partial charge >= 0.3 is 0 Å². The van der Waals surface area contributed by atoms with Crippen molar-refractivity contribution in [2.45, 2.75) is 18.1 Å². The maximum Gasteiger partial charge on any atom is 0.271 e. The summed E-state index contributed by atoms with van der Waals surface area (Å²) < 4.78 is 56.2. The van der Waals surface area contributed by atoms with Crippen LogP contribution < -0.4 is 0 Å². The first-order chi connectivity index (χ1) is 13.4. The summed E-state index contributed by atoms with van der Waals surface area (Å²) in [4.78, 5) is 0. The standard InChI is InChI=1S/C22H20F2O3S/c23-20-10-6-18(7-11-20)22(19-8-12-21(24)13-9-19)14-15-27-28(25,26)16-17-4-2-1-3-5-17/h1-13,22H,14-16H2. The molecule has 0 unspecified atom stereocenters. The molecule has 0 aliphatic heterocycles. The van der Waals surface area contributed by atoms with E-state index in [1.807, 2.05) is 6.07 Å². The fourth-order valence-electron chi connectivity index (χ4n) is 3.03. The highest BCUT2D eigenvalue weighted by Gasteiger charge is 2.18. The lowest BCUT2D eigenvalue weighted by Crippen LogP contribution is -2.13. The summed E-state index contributed by atoms with van der Waals surface area (Å²) in [5.74, 6) is -1.16. The second-order valence-electron chi connectivity index (χ2n) is 6.45. The normalized spacial score (nSPS) is 11.7. The van der Waals surface area contributed by atoms with E-state index in [0.717, 1.165) is 11.1 Å². The Balaban J connectivity index is 1.71. The average Bonchev–Trinajstić information content (AvgIpc) is 2.67. The molecule has 0 saturated heterocycles. The van der Waals surface area contributed by atoms with Crippen LogP contribution in [-0.2, 0) is 20.1 Å². The molecule has 3 aromatic carbocycles. The van der Waals surface area contributed by atoms with E-state index in [1.54, 1.807) is 48.5 Å². The molecule has 0 aromatic heterocycles. The molecule has 0 amide bonds. The molecule has 0 atom stereocenters. The van der Waals surface area contributed by atoms with Crippen LogP contribution in [0.1, 0.15) is 29.0 Å². The lowest BCUT2D eigenvalue weighted by molar-refractivity contribution is 0.305. The van der Waals surface area contributed by atoms with Crippen molar-refractivity contribution in [1.82, 2.24) is 0 Å². The molecule has 0 fully saturated rings. The summed E-state index contributed by atoms with van der Waals surface area (Å²) in [6.45, 7) is -0.0331. The van der Waals surface area contributed by atoms with E-state index in [0.29, 0.717) is 12.0 Å². The first kappa shape index (κ1) is 20.2. The highest BCUT2D eigenvalue weighted by molar-refractivity contribution is 7.85. The minimum absolute atomic E-state index is 0.0331. The van der Waals surface area contributed by atoms with E-state index in [-0.39, 0.29) is 29.9 Å². The van der Waals surface area contributed by atoms with Crippen LogP contribution in [0, 0.1) is 11.6 Å². The Hall–Kier alpha value is -2.57. The lowest BCUT2D eigenvalue weighted by Gasteiger charge is -2.18. The predicted molar refractivity (Wildman–Crippen MR) is 104 cm³/mol. The Morgan fingerprint density at radius 2 is 1.25 bits per heavy atom. The quantitative estimate of drug-likeness (QED) is 0.496. The Labute approximate surface area is 163 Å². The lowest BCUT2D eigenvalue weighted by atomic mass is 9.89. The Morgan fingerprint density at radius 1 is 0.750 bits per heavy atom. The van der Waals surface area contributed by atoms with E-state index < -0.39 is 10.1 Å². The van der Waals surface area contributed by atoms with Crippen LogP contribution in [-0.4, -0.2) is 15.0 Å². The van der Waals surface area contributed by atoms with Gasteiger partial charge in [-0.25, -0.2) is 8.78 Å². The maximum absolute atomic E-state index is 13.3. The van der Waals surface area contributed by atoms with Crippen molar-refractivity contribution in [2.24, 2.45) is 0 Å². The minimum atomic E-state index is -3.73. The second kappa shape index (κ2) is 9.08. The van der Waals surface area contributed by atoms with Gasteiger partial charge in [0.1, 0.15) is 17.4 Å². The zero-order valence-corrected chi connectivity index (χ0v) is 15.9. The van der Waals surface area contributed by atoms with Gasteiger partial charge in [-0.15, -0.1) is 0 Å². The van der Waals surface area contributed by atoms with E-state index in [4.69, 9.17) is 4.18 Å². The zero-order chi connectivity index (χ0) is 20.0. The van der Waals surface area contributed by atoms with Crippen molar-refractivity contribution in [1.29, 1.82) is 0 Å². The zero-order valence-electron chi connectivity index (χ0n) is 15.1. The van der Waals surface area contributed by atoms with Crippen LogP contribution in [0.15, 0.2) is 78.9 Å². The van der Waals surface area contributed by atoms with Crippen LogP contribution >= 0.6 is 0 Å². The topological polar surface area (TPSA) is 43.4 Å². The highest BCUT2D eigenvalue weighted by atomic mass is 32.2. The SMILES string of the molecule is O=S(=O)(Cc1ccccc1)OCCC(c1ccc(F)cc1)c1ccc(F)cc1. The Bertz CT molecular complexity index is 941. The second-order valence-corrected chi connectivity index (χ2v) is 8.09. The molecule has 6 heteroatoms.